The average molecular weight is 538 g/mol. The molecule has 2 saturated heterocycles. The highest BCUT2D eigenvalue weighted by Gasteiger charge is 2.68. The fraction of sp³-hybridized carbons (Fsp3) is 0.778. The van der Waals surface area contributed by atoms with Crippen molar-refractivity contribution in [2.24, 2.45) is 0 Å². The molecule has 1 aromatic carbocycles. The molecule has 10 unspecified atom stereocenters. The zero-order valence-electron chi connectivity index (χ0n) is 22.6. The van der Waals surface area contributed by atoms with Crippen LogP contribution in [0.1, 0.15) is 42.9 Å². The van der Waals surface area contributed by atoms with Crippen LogP contribution in [0.3, 0.4) is 0 Å². The lowest BCUT2D eigenvalue weighted by molar-refractivity contribution is -0.482. The van der Waals surface area contributed by atoms with Gasteiger partial charge < -0.3 is 55.3 Å². The maximum Gasteiger partial charge on any atom is 0.249 e. The van der Waals surface area contributed by atoms with Gasteiger partial charge in [-0.15, -0.1) is 0 Å². The van der Waals surface area contributed by atoms with Gasteiger partial charge in [0.25, 0.3) is 0 Å². The zero-order chi connectivity index (χ0) is 27.2. The molecule has 3 fully saturated rings. The van der Waals surface area contributed by atoms with E-state index in [1.807, 2.05) is 6.07 Å². The molecule has 1 aromatic rings. The molecule has 0 radical (unpaired) electrons. The lowest BCUT2D eigenvalue weighted by atomic mass is 9.77. The van der Waals surface area contributed by atoms with Crippen molar-refractivity contribution in [3.8, 4) is 5.75 Å². The Morgan fingerprint density at radius 1 is 0.974 bits per heavy atom. The first-order valence-electron chi connectivity index (χ1n) is 13.7. The molecule has 10 atom stereocenters. The summed E-state index contributed by atoms with van der Waals surface area (Å²) in [5.41, 5.74) is 1.91. The number of methoxy groups -OCH3 is 1. The first kappa shape index (κ1) is 28.2. The quantitative estimate of drug-likeness (QED) is 0.227. The van der Waals surface area contributed by atoms with E-state index in [1.165, 1.54) is 11.1 Å². The molecular formula is C27H43N3O8. The summed E-state index contributed by atoms with van der Waals surface area (Å²) >= 11 is 0. The predicted molar refractivity (Wildman–Crippen MR) is 138 cm³/mol. The molecule has 11 nitrogen and oxygen atoms in total. The van der Waals surface area contributed by atoms with Gasteiger partial charge in [0.2, 0.25) is 12.1 Å². The molecular weight excluding hydrogens is 494 g/mol. The molecule has 2 aliphatic carbocycles. The second-order valence-corrected chi connectivity index (χ2v) is 11.2. The fourth-order valence-corrected chi connectivity index (χ4v) is 6.90. The van der Waals surface area contributed by atoms with Gasteiger partial charge in [-0.2, -0.15) is 0 Å². The van der Waals surface area contributed by atoms with Crippen molar-refractivity contribution in [3.63, 3.8) is 0 Å². The molecule has 1 saturated carbocycles. The highest BCUT2D eigenvalue weighted by molar-refractivity contribution is 5.46. The van der Waals surface area contributed by atoms with E-state index in [0.29, 0.717) is 6.54 Å². The van der Waals surface area contributed by atoms with Gasteiger partial charge >= 0.3 is 0 Å². The molecule has 2 aliphatic heterocycles. The second-order valence-electron chi connectivity index (χ2n) is 11.2. The molecule has 0 aromatic heterocycles. The van der Waals surface area contributed by atoms with Crippen molar-refractivity contribution in [2.75, 3.05) is 27.7 Å². The molecule has 0 bridgehead atoms. The lowest BCUT2D eigenvalue weighted by Gasteiger charge is -2.60. The van der Waals surface area contributed by atoms with E-state index < -0.39 is 60.3 Å². The molecule has 5 rings (SSSR count). The van der Waals surface area contributed by atoms with Crippen LogP contribution < -0.4 is 20.7 Å². The largest absolute Gasteiger partial charge is 0.496 e. The Labute approximate surface area is 223 Å². The number of ether oxygens (including phenoxy) is 4. The van der Waals surface area contributed by atoms with E-state index in [9.17, 15) is 20.4 Å². The van der Waals surface area contributed by atoms with Gasteiger partial charge in [-0.05, 0) is 69.5 Å². The van der Waals surface area contributed by atoms with Crippen molar-refractivity contribution in [1.29, 1.82) is 0 Å². The predicted octanol–water partition coefficient (Wildman–Crippen LogP) is -1.09. The minimum Gasteiger partial charge on any atom is -0.496 e. The third-order valence-corrected chi connectivity index (χ3v) is 8.89. The van der Waals surface area contributed by atoms with Gasteiger partial charge in [0.05, 0.1) is 31.4 Å². The summed E-state index contributed by atoms with van der Waals surface area (Å²) in [6, 6.07) is 2.69. The Hall–Kier alpha value is -1.38. The third kappa shape index (κ3) is 4.56. The first-order chi connectivity index (χ1) is 18.2. The zero-order valence-corrected chi connectivity index (χ0v) is 22.6. The molecule has 0 amide bonds. The molecule has 4 aliphatic rings. The first-order valence-corrected chi connectivity index (χ1v) is 13.7. The second kappa shape index (κ2) is 10.9. The standard InChI is InChI=1S/C27H43N3O8/c1-14-11-26(33,13-30-12-15-9-10-18(35-4)17-8-6-5-7-16(15)17)27(34)25(36-14)37-24-22(32)19(28-2)21(31)20(29-3)23(24)38-27/h9-10,14,19-25,28-34H,5-8,11-13H2,1-4H3. The van der Waals surface area contributed by atoms with Gasteiger partial charge in [-0.25, -0.2) is 0 Å². The number of likely N-dealkylation sites (N-methyl/N-ethyl adjacent to an activating group) is 2. The van der Waals surface area contributed by atoms with Crippen LogP contribution in [0, 0.1) is 0 Å². The van der Waals surface area contributed by atoms with Crippen LogP contribution in [0.5, 0.6) is 5.75 Å². The van der Waals surface area contributed by atoms with Crippen molar-refractivity contribution < 1.29 is 39.4 Å². The third-order valence-electron chi connectivity index (χ3n) is 8.89. The van der Waals surface area contributed by atoms with Crippen LogP contribution in [-0.2, 0) is 33.6 Å². The van der Waals surface area contributed by atoms with Gasteiger partial charge in [0.15, 0.2) is 0 Å². The van der Waals surface area contributed by atoms with E-state index in [4.69, 9.17) is 18.9 Å². The number of hydrogen-bond donors (Lipinski definition) is 7. The minimum absolute atomic E-state index is 0.0176. The summed E-state index contributed by atoms with van der Waals surface area (Å²) in [5, 5.41) is 54.9. The Bertz CT molecular complexity index is 999. The Morgan fingerprint density at radius 2 is 1.68 bits per heavy atom. The van der Waals surface area contributed by atoms with Crippen LogP contribution in [-0.4, -0.2) is 108 Å². The number of nitrogens with one attached hydrogen (secondary N) is 3. The maximum atomic E-state index is 11.9. The summed E-state index contributed by atoms with van der Waals surface area (Å²) in [7, 11) is 5.01. The summed E-state index contributed by atoms with van der Waals surface area (Å²) in [6.07, 6.45) is -1.42. The van der Waals surface area contributed by atoms with Crippen LogP contribution >= 0.6 is 0 Å². The number of aliphatic hydroxyl groups excluding tert-OH is 2. The Kier molecular flexibility index (Phi) is 8.07. The summed E-state index contributed by atoms with van der Waals surface area (Å²) < 4.78 is 23.8. The number of benzene rings is 1. The highest BCUT2D eigenvalue weighted by atomic mass is 16.8. The van der Waals surface area contributed by atoms with Crippen molar-refractivity contribution in [1.82, 2.24) is 16.0 Å². The normalized spacial score (nSPS) is 42.6. The average Bonchev–Trinajstić information content (AvgIpc) is 2.89. The molecule has 7 N–H and O–H groups in total. The summed E-state index contributed by atoms with van der Waals surface area (Å²) in [6.45, 7) is 2.31. The summed E-state index contributed by atoms with van der Waals surface area (Å²) in [4.78, 5) is 0. The number of fused-ring (bicyclic) bond motifs is 3. The molecule has 2 heterocycles. The number of aliphatic hydroxyl groups is 4. The van der Waals surface area contributed by atoms with E-state index in [0.717, 1.165) is 37.0 Å². The van der Waals surface area contributed by atoms with Crippen molar-refractivity contribution >= 4 is 0 Å². The fourth-order valence-electron chi connectivity index (χ4n) is 6.90. The Morgan fingerprint density at radius 3 is 2.37 bits per heavy atom. The van der Waals surface area contributed by atoms with E-state index in [-0.39, 0.29) is 13.0 Å². The topological polar surface area (TPSA) is 154 Å². The number of hydrogen-bond acceptors (Lipinski definition) is 11. The lowest BCUT2D eigenvalue weighted by Crippen LogP contribution is -2.81. The molecule has 214 valence electrons. The Balaban J connectivity index is 1.37. The van der Waals surface area contributed by atoms with Crippen LogP contribution in [0.2, 0.25) is 0 Å². The van der Waals surface area contributed by atoms with E-state index >= 15 is 0 Å². The smallest absolute Gasteiger partial charge is 0.249 e. The maximum absolute atomic E-state index is 11.9. The van der Waals surface area contributed by atoms with Crippen LogP contribution in [0.15, 0.2) is 12.1 Å². The molecule has 38 heavy (non-hydrogen) atoms. The van der Waals surface area contributed by atoms with Crippen LogP contribution in [0.25, 0.3) is 0 Å². The van der Waals surface area contributed by atoms with Crippen molar-refractivity contribution in [3.05, 3.63) is 28.8 Å². The minimum atomic E-state index is -2.23. The molecule has 11 heteroatoms. The van der Waals surface area contributed by atoms with E-state index in [1.54, 1.807) is 28.1 Å². The van der Waals surface area contributed by atoms with Gasteiger partial charge in [-0.3, -0.25) is 0 Å². The van der Waals surface area contributed by atoms with Gasteiger partial charge in [-0.1, -0.05) is 6.07 Å². The van der Waals surface area contributed by atoms with Gasteiger partial charge in [0, 0.05) is 19.5 Å². The molecule has 0 spiro atoms. The highest BCUT2D eigenvalue weighted by Crippen LogP contribution is 2.46. The van der Waals surface area contributed by atoms with Crippen LogP contribution in [0.4, 0.5) is 0 Å². The SMILES string of the molecule is CNC1C(O)C(NC)C2OC3(O)C(OC(C)CC3(O)CNCc3ccc(OC)c4c3CCCC4)OC2C1O. The van der Waals surface area contributed by atoms with E-state index in [2.05, 4.69) is 22.0 Å². The van der Waals surface area contributed by atoms with Gasteiger partial charge in [0.1, 0.15) is 29.7 Å². The summed E-state index contributed by atoms with van der Waals surface area (Å²) in [5.74, 6) is -1.31. The van der Waals surface area contributed by atoms with Crippen molar-refractivity contribution in [2.45, 2.75) is 106 Å². The monoisotopic (exact) mass is 537 g/mol. The number of rotatable bonds is 7.